The molecule has 2 heterocycles. The Morgan fingerprint density at radius 2 is 1.33 bits per heavy atom. The molecule has 1 aliphatic rings. The quantitative estimate of drug-likeness (QED) is 0.169. The number of allylic oxidation sites excluding steroid dienone is 1. The van der Waals surface area contributed by atoms with Gasteiger partial charge < -0.3 is 0 Å². The number of rotatable bonds is 6. The van der Waals surface area contributed by atoms with Crippen LogP contribution in [0.5, 0.6) is 0 Å². The molecule has 7 nitrogen and oxygen atoms in total. The molecule has 1 fully saturated rings. The third kappa shape index (κ3) is 5.25. The number of hydrogen-bond acceptors (Lipinski definition) is 8. The molecular weight excluding hydrogens is 523 g/mol. The van der Waals surface area contributed by atoms with E-state index in [1.165, 1.54) is 23.1 Å². The second-order valence-electron chi connectivity index (χ2n) is 8.36. The summed E-state index contributed by atoms with van der Waals surface area (Å²) in [7, 11) is 0. The molecule has 0 atom stereocenters. The average molecular weight is 544 g/mol. The normalized spacial score (nSPS) is 16.4. The van der Waals surface area contributed by atoms with E-state index >= 15 is 0 Å². The van der Waals surface area contributed by atoms with Crippen molar-refractivity contribution in [2.45, 2.75) is 0 Å². The molecule has 0 bridgehead atoms. The van der Waals surface area contributed by atoms with Crippen LogP contribution in [0.3, 0.4) is 0 Å². The highest BCUT2D eigenvalue weighted by Crippen LogP contribution is 2.42. The molecule has 0 radical (unpaired) electrons. The van der Waals surface area contributed by atoms with Crippen LogP contribution in [-0.4, -0.2) is 15.9 Å². The van der Waals surface area contributed by atoms with Crippen LogP contribution < -0.4 is 15.8 Å². The number of thioether (sulfide) groups is 1. The molecule has 0 aliphatic carbocycles. The van der Waals surface area contributed by atoms with E-state index in [0.717, 1.165) is 27.3 Å². The first-order valence-corrected chi connectivity index (χ1v) is 13.7. The first kappa shape index (κ1) is 24.4. The minimum absolute atomic E-state index is 0.461. The van der Waals surface area contributed by atoms with Crippen molar-refractivity contribution >= 4 is 66.8 Å². The molecule has 0 saturated carbocycles. The smallest absolute Gasteiger partial charge is 0.193 e. The fourth-order valence-electron chi connectivity index (χ4n) is 3.95. The molecule has 1 aliphatic heterocycles. The Balaban J connectivity index is 1.52. The Kier molecular flexibility index (Phi) is 7.03. The summed E-state index contributed by atoms with van der Waals surface area (Å²) in [5.74, 6) is 0.558. The van der Waals surface area contributed by atoms with Crippen LogP contribution in [-0.2, 0) is 0 Å². The minimum atomic E-state index is 0.461. The molecular formula is C30H21N7S2. The standard InChI is InChI=1S/C30H21N7S2/c31-20-24(28-32-25-18-10-11-19-26(25)38-28)30-37(23-16-8-3-9-17-23)27(35-33-21-12-4-1-5-13-21)29(39-30)36-34-22-14-6-2-7-15-22/h1-19,33-34H/b30-24+,35-27-,36-29-. The van der Waals surface area contributed by atoms with Gasteiger partial charge in [0.25, 0.3) is 0 Å². The zero-order valence-corrected chi connectivity index (χ0v) is 22.2. The van der Waals surface area contributed by atoms with E-state index in [-0.39, 0.29) is 0 Å². The summed E-state index contributed by atoms with van der Waals surface area (Å²) in [5.41, 5.74) is 10.2. The average Bonchev–Trinajstić information content (AvgIpc) is 3.58. The Morgan fingerprint density at radius 3 is 1.97 bits per heavy atom. The molecule has 0 amide bonds. The van der Waals surface area contributed by atoms with Crippen molar-refractivity contribution in [3.05, 3.63) is 125 Å². The summed E-state index contributed by atoms with van der Waals surface area (Å²) in [4.78, 5) is 6.74. The number of para-hydroxylation sites is 4. The lowest BCUT2D eigenvalue weighted by atomic mass is 10.2. The second kappa shape index (κ2) is 11.2. The van der Waals surface area contributed by atoms with Gasteiger partial charge in [0, 0.05) is 5.69 Å². The van der Waals surface area contributed by atoms with Crippen LogP contribution in [0.1, 0.15) is 5.01 Å². The van der Waals surface area contributed by atoms with Crippen molar-refractivity contribution in [3.63, 3.8) is 0 Å². The van der Waals surface area contributed by atoms with Crippen molar-refractivity contribution in [1.82, 2.24) is 4.98 Å². The summed E-state index contributed by atoms with van der Waals surface area (Å²) in [6.07, 6.45) is 0. The van der Waals surface area contributed by atoms with Crippen molar-refractivity contribution < 1.29 is 0 Å². The van der Waals surface area contributed by atoms with E-state index in [1.54, 1.807) is 0 Å². The van der Waals surface area contributed by atoms with Gasteiger partial charge in [0.1, 0.15) is 21.7 Å². The summed E-state index contributed by atoms with van der Waals surface area (Å²) < 4.78 is 1.02. The largest absolute Gasteiger partial charge is 0.284 e. The van der Waals surface area contributed by atoms with E-state index in [2.05, 4.69) is 16.9 Å². The van der Waals surface area contributed by atoms with Gasteiger partial charge in [-0.25, -0.2) is 4.98 Å². The molecule has 2 N–H and O–H groups in total. The molecule has 4 aromatic carbocycles. The van der Waals surface area contributed by atoms with E-state index in [0.29, 0.717) is 26.5 Å². The number of amidine groups is 1. The zero-order chi connectivity index (χ0) is 26.4. The highest BCUT2D eigenvalue weighted by atomic mass is 32.2. The summed E-state index contributed by atoms with van der Waals surface area (Å²) in [6.45, 7) is 0. The Bertz CT molecular complexity index is 1710. The molecule has 188 valence electrons. The molecule has 0 unspecified atom stereocenters. The number of nitrogens with zero attached hydrogens (tertiary/aromatic N) is 5. The lowest BCUT2D eigenvalue weighted by Crippen LogP contribution is -2.28. The number of benzene rings is 4. The number of aromatic nitrogens is 1. The lowest BCUT2D eigenvalue weighted by molar-refractivity contribution is 1.26. The molecule has 1 saturated heterocycles. The van der Waals surface area contributed by atoms with Gasteiger partial charge in [-0.05, 0) is 60.3 Å². The van der Waals surface area contributed by atoms with Gasteiger partial charge in [-0.3, -0.25) is 15.8 Å². The van der Waals surface area contributed by atoms with Crippen LogP contribution in [0.2, 0.25) is 0 Å². The Morgan fingerprint density at radius 1 is 0.744 bits per heavy atom. The summed E-state index contributed by atoms with van der Waals surface area (Å²) >= 11 is 2.87. The van der Waals surface area contributed by atoms with Gasteiger partial charge in [0.05, 0.1) is 21.6 Å². The minimum Gasteiger partial charge on any atom is -0.284 e. The molecule has 39 heavy (non-hydrogen) atoms. The zero-order valence-electron chi connectivity index (χ0n) is 20.5. The van der Waals surface area contributed by atoms with Crippen molar-refractivity contribution in [3.8, 4) is 6.07 Å². The van der Waals surface area contributed by atoms with Crippen molar-refractivity contribution in [2.75, 3.05) is 15.8 Å². The Hall–Kier alpha value is -4.91. The van der Waals surface area contributed by atoms with E-state index in [1.807, 2.05) is 120 Å². The third-order valence-electron chi connectivity index (χ3n) is 5.77. The number of fused-ring (bicyclic) bond motifs is 1. The molecule has 9 heteroatoms. The number of nitriles is 1. The number of anilines is 3. The number of nitrogens with one attached hydrogen (secondary N) is 2. The first-order chi connectivity index (χ1) is 19.3. The first-order valence-electron chi connectivity index (χ1n) is 12.1. The molecule has 5 aromatic rings. The predicted octanol–water partition coefficient (Wildman–Crippen LogP) is 7.59. The fraction of sp³-hybridized carbons (Fsp3) is 0. The van der Waals surface area contributed by atoms with Crippen LogP contribution in [0.4, 0.5) is 17.1 Å². The number of hydrazone groups is 2. The number of hydrogen-bond donors (Lipinski definition) is 2. The second-order valence-corrected chi connectivity index (χ2v) is 10.4. The summed E-state index contributed by atoms with van der Waals surface area (Å²) in [5, 5.41) is 21.9. The van der Waals surface area contributed by atoms with Gasteiger partial charge in [-0.15, -0.1) is 11.3 Å². The van der Waals surface area contributed by atoms with Crippen LogP contribution in [0.15, 0.2) is 130 Å². The molecule has 0 spiro atoms. The van der Waals surface area contributed by atoms with Crippen LogP contribution >= 0.6 is 23.1 Å². The predicted molar refractivity (Wildman–Crippen MR) is 164 cm³/mol. The summed E-state index contributed by atoms with van der Waals surface area (Å²) in [6, 6.07) is 39.6. The van der Waals surface area contributed by atoms with Gasteiger partial charge in [0.2, 0.25) is 0 Å². The van der Waals surface area contributed by atoms with Crippen molar-refractivity contribution in [2.24, 2.45) is 10.2 Å². The van der Waals surface area contributed by atoms with E-state index < -0.39 is 0 Å². The highest BCUT2D eigenvalue weighted by molar-refractivity contribution is 8.20. The maximum Gasteiger partial charge on any atom is 0.193 e. The fourth-order valence-corrected chi connectivity index (χ4v) is 6.01. The third-order valence-corrected chi connectivity index (χ3v) is 7.87. The van der Waals surface area contributed by atoms with Crippen LogP contribution in [0, 0.1) is 11.3 Å². The maximum absolute atomic E-state index is 10.4. The number of thiazole rings is 1. The van der Waals surface area contributed by atoms with Gasteiger partial charge in [0.15, 0.2) is 10.9 Å². The maximum atomic E-state index is 10.4. The SMILES string of the molecule is N#C/C(=C1\SC(=N\Nc2ccccc2)/C(=N/Nc2ccccc2)N1c1ccccc1)c1nc2ccccc2s1. The van der Waals surface area contributed by atoms with Crippen molar-refractivity contribution in [1.29, 1.82) is 5.26 Å². The van der Waals surface area contributed by atoms with E-state index in [4.69, 9.17) is 15.2 Å². The molecule has 1 aromatic heterocycles. The van der Waals surface area contributed by atoms with Gasteiger partial charge in [-0.1, -0.05) is 66.7 Å². The topological polar surface area (TPSA) is 88.7 Å². The van der Waals surface area contributed by atoms with Gasteiger partial charge in [-0.2, -0.15) is 15.5 Å². The van der Waals surface area contributed by atoms with E-state index in [9.17, 15) is 5.26 Å². The monoisotopic (exact) mass is 543 g/mol. The lowest BCUT2D eigenvalue weighted by Gasteiger charge is -2.20. The Labute approximate surface area is 233 Å². The van der Waals surface area contributed by atoms with Gasteiger partial charge >= 0.3 is 0 Å². The highest BCUT2D eigenvalue weighted by Gasteiger charge is 2.37. The van der Waals surface area contributed by atoms with Crippen LogP contribution in [0.25, 0.3) is 15.8 Å². The molecule has 6 rings (SSSR count).